The van der Waals surface area contributed by atoms with Gasteiger partial charge in [-0.05, 0) is 44.9 Å². The molecule has 0 spiro atoms. The lowest BCUT2D eigenvalue weighted by molar-refractivity contribution is 0.151. The summed E-state index contributed by atoms with van der Waals surface area (Å²) in [6.45, 7) is 6.30. The Morgan fingerprint density at radius 3 is 3.00 bits per heavy atom. The van der Waals surface area contributed by atoms with Gasteiger partial charge in [0.05, 0.1) is 6.61 Å². The van der Waals surface area contributed by atoms with Gasteiger partial charge in [0.2, 0.25) is 0 Å². The van der Waals surface area contributed by atoms with Crippen molar-refractivity contribution in [3.8, 4) is 0 Å². The zero-order chi connectivity index (χ0) is 14.0. The molecule has 3 nitrogen and oxygen atoms in total. The number of hydrogen-bond acceptors (Lipinski definition) is 3. The van der Waals surface area contributed by atoms with Gasteiger partial charge < -0.3 is 15.0 Å². The molecule has 3 heteroatoms. The predicted octanol–water partition coefficient (Wildman–Crippen LogP) is 2.45. The average molecular weight is 274 g/mol. The lowest BCUT2D eigenvalue weighted by atomic mass is 9.84. The fourth-order valence-electron chi connectivity index (χ4n) is 3.71. The summed E-state index contributed by atoms with van der Waals surface area (Å²) in [5, 5.41) is 3.37. The molecule has 0 radical (unpaired) electrons. The summed E-state index contributed by atoms with van der Waals surface area (Å²) in [4.78, 5) is 2.62. The largest absolute Gasteiger partial charge is 0.381 e. The van der Waals surface area contributed by atoms with Crippen molar-refractivity contribution in [2.24, 2.45) is 5.41 Å². The number of aryl methyl sites for hydroxylation is 1. The van der Waals surface area contributed by atoms with E-state index in [1.807, 2.05) is 7.05 Å². The standard InChI is InChI=1S/C17H26N2O/c1-14-7-8-15-5-3-4-6-16(15)19(14)12-17(11-18-2)9-10-20-13-17/h3-6,14,18H,7-13H2,1-2H3. The lowest BCUT2D eigenvalue weighted by Gasteiger charge is -2.42. The summed E-state index contributed by atoms with van der Waals surface area (Å²) < 4.78 is 5.71. The molecule has 2 atom stereocenters. The van der Waals surface area contributed by atoms with Crippen molar-refractivity contribution in [2.75, 3.05) is 38.3 Å². The van der Waals surface area contributed by atoms with Crippen LogP contribution >= 0.6 is 0 Å². The second kappa shape index (κ2) is 5.74. The predicted molar refractivity (Wildman–Crippen MR) is 83.4 cm³/mol. The summed E-state index contributed by atoms with van der Waals surface area (Å²) in [7, 11) is 2.05. The van der Waals surface area contributed by atoms with E-state index in [0.717, 1.165) is 26.3 Å². The van der Waals surface area contributed by atoms with E-state index in [2.05, 4.69) is 41.4 Å². The van der Waals surface area contributed by atoms with E-state index in [9.17, 15) is 0 Å². The van der Waals surface area contributed by atoms with Crippen molar-refractivity contribution >= 4 is 5.69 Å². The molecule has 2 unspecified atom stereocenters. The second-order valence-corrected chi connectivity index (χ2v) is 6.48. The van der Waals surface area contributed by atoms with Gasteiger partial charge in [0.1, 0.15) is 0 Å². The number of nitrogens with zero attached hydrogens (tertiary/aromatic N) is 1. The van der Waals surface area contributed by atoms with Crippen LogP contribution in [0.25, 0.3) is 0 Å². The van der Waals surface area contributed by atoms with Gasteiger partial charge in [-0.15, -0.1) is 0 Å². The highest BCUT2D eigenvalue weighted by Crippen LogP contribution is 2.36. The van der Waals surface area contributed by atoms with Crippen molar-refractivity contribution in [3.63, 3.8) is 0 Å². The molecule has 1 aromatic carbocycles. The smallest absolute Gasteiger partial charge is 0.0552 e. The van der Waals surface area contributed by atoms with Gasteiger partial charge in [-0.1, -0.05) is 18.2 Å². The molecule has 110 valence electrons. The minimum absolute atomic E-state index is 0.271. The molecule has 2 heterocycles. The number of benzene rings is 1. The first kappa shape index (κ1) is 13.9. The SMILES string of the molecule is CNCC1(CN2c3ccccc3CCC2C)CCOC1. The highest BCUT2D eigenvalue weighted by molar-refractivity contribution is 5.56. The Bertz CT molecular complexity index is 454. The van der Waals surface area contributed by atoms with Crippen molar-refractivity contribution in [3.05, 3.63) is 29.8 Å². The zero-order valence-electron chi connectivity index (χ0n) is 12.7. The minimum atomic E-state index is 0.271. The Labute approximate surface area is 122 Å². The number of hydrogen-bond donors (Lipinski definition) is 1. The van der Waals surface area contributed by atoms with Crippen LogP contribution < -0.4 is 10.2 Å². The van der Waals surface area contributed by atoms with Crippen LogP contribution in [0.2, 0.25) is 0 Å². The number of anilines is 1. The molecular weight excluding hydrogens is 248 g/mol. The Hall–Kier alpha value is -1.06. The molecule has 2 aliphatic heterocycles. The first-order valence-corrected chi connectivity index (χ1v) is 7.81. The molecule has 0 saturated carbocycles. The maximum Gasteiger partial charge on any atom is 0.0552 e. The normalized spacial score (nSPS) is 29.5. The van der Waals surface area contributed by atoms with Crippen LogP contribution in [0.3, 0.4) is 0 Å². The third-order valence-corrected chi connectivity index (χ3v) is 4.91. The molecule has 1 N–H and O–H groups in total. The highest BCUT2D eigenvalue weighted by atomic mass is 16.5. The summed E-state index contributed by atoms with van der Waals surface area (Å²) >= 11 is 0. The Morgan fingerprint density at radius 1 is 1.40 bits per heavy atom. The number of nitrogens with one attached hydrogen (secondary N) is 1. The minimum Gasteiger partial charge on any atom is -0.381 e. The molecule has 20 heavy (non-hydrogen) atoms. The van der Waals surface area contributed by atoms with Gasteiger partial charge in [0.25, 0.3) is 0 Å². The fraction of sp³-hybridized carbons (Fsp3) is 0.647. The van der Waals surface area contributed by atoms with Crippen molar-refractivity contribution in [1.29, 1.82) is 0 Å². The summed E-state index contributed by atoms with van der Waals surface area (Å²) in [5.74, 6) is 0. The average Bonchev–Trinajstić information content (AvgIpc) is 2.91. The maximum absolute atomic E-state index is 5.71. The third-order valence-electron chi connectivity index (χ3n) is 4.91. The van der Waals surface area contributed by atoms with E-state index in [1.165, 1.54) is 30.5 Å². The first-order chi connectivity index (χ1) is 9.74. The van der Waals surface area contributed by atoms with E-state index in [4.69, 9.17) is 4.74 Å². The van der Waals surface area contributed by atoms with E-state index in [1.54, 1.807) is 0 Å². The van der Waals surface area contributed by atoms with Crippen LogP contribution in [0.5, 0.6) is 0 Å². The van der Waals surface area contributed by atoms with Crippen molar-refractivity contribution in [1.82, 2.24) is 5.32 Å². The number of para-hydroxylation sites is 1. The summed E-state index contributed by atoms with van der Waals surface area (Å²) in [6, 6.07) is 9.52. The molecule has 0 aliphatic carbocycles. The molecule has 1 fully saturated rings. The van der Waals surface area contributed by atoms with Crippen LogP contribution in [0.15, 0.2) is 24.3 Å². The molecular formula is C17H26N2O. The summed E-state index contributed by atoms with van der Waals surface area (Å²) in [6.07, 6.45) is 3.64. The topological polar surface area (TPSA) is 24.5 Å². The van der Waals surface area contributed by atoms with Crippen LogP contribution in [-0.2, 0) is 11.2 Å². The molecule has 2 aliphatic rings. The number of rotatable bonds is 4. The number of fused-ring (bicyclic) bond motifs is 1. The van der Waals surface area contributed by atoms with Crippen LogP contribution in [0.4, 0.5) is 5.69 Å². The van der Waals surface area contributed by atoms with Crippen molar-refractivity contribution in [2.45, 2.75) is 32.2 Å². The lowest BCUT2D eigenvalue weighted by Crippen LogP contribution is -2.48. The van der Waals surface area contributed by atoms with Gasteiger partial charge >= 0.3 is 0 Å². The quantitative estimate of drug-likeness (QED) is 0.913. The van der Waals surface area contributed by atoms with Gasteiger partial charge in [-0.3, -0.25) is 0 Å². The van der Waals surface area contributed by atoms with Crippen molar-refractivity contribution < 1.29 is 4.74 Å². The molecule has 0 bridgehead atoms. The molecule has 0 amide bonds. The molecule has 1 aromatic rings. The van der Waals surface area contributed by atoms with Crippen LogP contribution in [-0.4, -0.2) is 39.4 Å². The highest BCUT2D eigenvalue weighted by Gasteiger charge is 2.38. The molecule has 3 rings (SSSR count). The van der Waals surface area contributed by atoms with Gasteiger partial charge in [0.15, 0.2) is 0 Å². The second-order valence-electron chi connectivity index (χ2n) is 6.48. The Morgan fingerprint density at radius 2 is 2.25 bits per heavy atom. The Balaban J connectivity index is 1.85. The van der Waals surface area contributed by atoms with Gasteiger partial charge in [0, 0.05) is 36.8 Å². The number of ether oxygens (including phenoxy) is 1. The maximum atomic E-state index is 5.71. The van der Waals surface area contributed by atoms with E-state index in [0.29, 0.717) is 6.04 Å². The van der Waals surface area contributed by atoms with Crippen LogP contribution in [0, 0.1) is 5.41 Å². The third kappa shape index (κ3) is 2.57. The zero-order valence-corrected chi connectivity index (χ0v) is 12.7. The van der Waals surface area contributed by atoms with E-state index < -0.39 is 0 Å². The first-order valence-electron chi connectivity index (χ1n) is 7.81. The monoisotopic (exact) mass is 274 g/mol. The summed E-state index contributed by atoms with van der Waals surface area (Å²) in [5.41, 5.74) is 3.21. The molecule has 0 aromatic heterocycles. The van der Waals surface area contributed by atoms with Crippen LogP contribution in [0.1, 0.15) is 25.3 Å². The van der Waals surface area contributed by atoms with E-state index in [-0.39, 0.29) is 5.41 Å². The fourth-order valence-corrected chi connectivity index (χ4v) is 3.71. The van der Waals surface area contributed by atoms with Gasteiger partial charge in [-0.2, -0.15) is 0 Å². The Kier molecular flexibility index (Phi) is 3.99. The molecule has 1 saturated heterocycles. The van der Waals surface area contributed by atoms with E-state index >= 15 is 0 Å². The van der Waals surface area contributed by atoms with Gasteiger partial charge in [-0.25, -0.2) is 0 Å².